The van der Waals surface area contributed by atoms with E-state index >= 15 is 0 Å². The molecular weight excluding hydrogens is 653 g/mol. The van der Waals surface area contributed by atoms with Crippen molar-refractivity contribution in [3.8, 4) is 0 Å². The van der Waals surface area contributed by atoms with E-state index in [2.05, 4.69) is 174 Å². The van der Waals surface area contributed by atoms with E-state index in [1.807, 2.05) is 0 Å². The van der Waals surface area contributed by atoms with Crippen molar-refractivity contribution in [2.45, 2.75) is 112 Å². The van der Waals surface area contributed by atoms with Gasteiger partial charge in [-0.1, -0.05) is 145 Å². The second-order valence-corrected chi connectivity index (χ2v) is 17.5. The number of anilines is 2. The molecule has 0 heterocycles. The lowest BCUT2D eigenvalue weighted by molar-refractivity contribution is 0.513. The second-order valence-electron chi connectivity index (χ2n) is 17.5. The molecule has 3 aromatic carbocycles. The Morgan fingerprint density at radius 3 is 1.81 bits per heavy atom. The molecule has 54 heavy (non-hydrogen) atoms. The maximum atomic E-state index is 2.67. The van der Waals surface area contributed by atoms with Gasteiger partial charge >= 0.3 is 0 Å². The molecule has 0 aliphatic heterocycles. The molecule has 0 fully saturated rings. The molecule has 2 atom stereocenters. The molecule has 0 spiro atoms. The lowest BCUT2D eigenvalue weighted by Crippen LogP contribution is -2.31. The molecule has 2 nitrogen and oxygen atoms in total. The predicted molar refractivity (Wildman–Crippen MR) is 234 cm³/mol. The number of rotatable bonds is 10. The monoisotopic (exact) mass is 712 g/mol. The Labute approximate surface area is 325 Å². The van der Waals surface area contributed by atoms with Crippen molar-refractivity contribution in [3.63, 3.8) is 0 Å². The summed E-state index contributed by atoms with van der Waals surface area (Å²) in [5.74, 6) is 2.59. The highest BCUT2D eigenvalue weighted by atomic mass is 15.2. The first-order valence-corrected chi connectivity index (χ1v) is 20.9. The SMILES string of the molecule is CC(C)C1=CCC(N(c2ccc(C(C)C)cc2)c2ccc3ccc4c5c3c2C=CC5CC=C4N(C2=CC=C(C(C)C)CC2)C2=CC=C(C(C)C)CC2)C=C1. The molecular formula is C52H60N2. The molecule has 2 heteroatoms. The lowest BCUT2D eigenvalue weighted by atomic mass is 9.76. The highest BCUT2D eigenvalue weighted by Crippen LogP contribution is 2.50. The van der Waals surface area contributed by atoms with Crippen molar-refractivity contribution in [1.82, 2.24) is 4.90 Å². The van der Waals surface area contributed by atoms with Crippen molar-refractivity contribution in [3.05, 3.63) is 154 Å². The summed E-state index contributed by atoms with van der Waals surface area (Å²) >= 11 is 0. The number of allylic oxidation sites excluding steroid dienone is 12. The summed E-state index contributed by atoms with van der Waals surface area (Å²) in [7, 11) is 0. The van der Waals surface area contributed by atoms with Crippen LogP contribution in [0.3, 0.4) is 0 Å². The van der Waals surface area contributed by atoms with Gasteiger partial charge in [-0.15, -0.1) is 0 Å². The normalized spacial score (nSPS) is 20.6. The Morgan fingerprint density at radius 1 is 0.593 bits per heavy atom. The third-order valence-electron chi connectivity index (χ3n) is 12.8. The summed E-state index contributed by atoms with van der Waals surface area (Å²) in [6.45, 7) is 18.5. The summed E-state index contributed by atoms with van der Waals surface area (Å²) in [6.07, 6.45) is 30.9. The summed E-state index contributed by atoms with van der Waals surface area (Å²) in [5.41, 5.74) is 17.0. The van der Waals surface area contributed by atoms with Crippen LogP contribution in [-0.4, -0.2) is 10.9 Å². The van der Waals surface area contributed by atoms with Gasteiger partial charge in [0.1, 0.15) is 0 Å². The zero-order chi connectivity index (χ0) is 37.7. The van der Waals surface area contributed by atoms with E-state index < -0.39 is 0 Å². The summed E-state index contributed by atoms with van der Waals surface area (Å²) < 4.78 is 0. The van der Waals surface area contributed by atoms with Gasteiger partial charge in [-0.2, -0.15) is 0 Å². The zero-order valence-corrected chi connectivity index (χ0v) is 34.0. The van der Waals surface area contributed by atoms with Gasteiger partial charge in [0, 0.05) is 45.5 Å². The van der Waals surface area contributed by atoms with Gasteiger partial charge in [0.25, 0.3) is 0 Å². The Balaban J connectivity index is 1.27. The highest BCUT2D eigenvalue weighted by molar-refractivity contribution is 6.04. The molecule has 5 aliphatic carbocycles. The highest BCUT2D eigenvalue weighted by Gasteiger charge is 2.33. The lowest BCUT2D eigenvalue weighted by Gasteiger charge is -2.40. The van der Waals surface area contributed by atoms with Gasteiger partial charge in [0.05, 0.1) is 6.04 Å². The molecule has 3 aromatic rings. The van der Waals surface area contributed by atoms with Crippen LogP contribution in [0.4, 0.5) is 11.4 Å². The van der Waals surface area contributed by atoms with Crippen LogP contribution in [0.1, 0.15) is 128 Å². The topological polar surface area (TPSA) is 6.48 Å². The quantitative estimate of drug-likeness (QED) is 0.206. The smallest absolute Gasteiger partial charge is 0.0560 e. The minimum atomic E-state index is 0.242. The Morgan fingerprint density at radius 2 is 1.26 bits per heavy atom. The van der Waals surface area contributed by atoms with Crippen molar-refractivity contribution in [2.75, 3.05) is 4.90 Å². The van der Waals surface area contributed by atoms with Crippen LogP contribution in [-0.2, 0) is 0 Å². The van der Waals surface area contributed by atoms with Crippen LogP contribution >= 0.6 is 0 Å². The van der Waals surface area contributed by atoms with E-state index in [0.29, 0.717) is 29.6 Å². The van der Waals surface area contributed by atoms with Crippen molar-refractivity contribution >= 4 is 33.9 Å². The standard InChI is InChI=1S/C52H60N2/c1-33(2)37-9-21-43(22-10-37)53(44-23-11-38(12-24-44)34(3)4)49-31-19-41-18-30-48-50(32-20-42-17-29-47(49)51(41)52(42)48)54(45-25-13-39(14-26-45)35(5)6)46-27-15-40(16-28-46)36(7)8/h9-13,15,17-19,21-23,25,27,29-36,42,44H,14,16,20,24,26,28H2,1-8H3. The van der Waals surface area contributed by atoms with Gasteiger partial charge in [-0.3, -0.25) is 0 Å². The van der Waals surface area contributed by atoms with Crippen LogP contribution < -0.4 is 4.90 Å². The molecule has 0 radical (unpaired) electrons. The fourth-order valence-electron chi connectivity index (χ4n) is 9.40. The van der Waals surface area contributed by atoms with Crippen LogP contribution in [0.25, 0.3) is 22.5 Å². The average molecular weight is 713 g/mol. The van der Waals surface area contributed by atoms with Gasteiger partial charge < -0.3 is 9.80 Å². The summed E-state index contributed by atoms with van der Waals surface area (Å²) in [6, 6.07) is 19.2. The first kappa shape index (κ1) is 36.4. The van der Waals surface area contributed by atoms with Gasteiger partial charge in [-0.05, 0) is 120 Å². The molecule has 0 bridgehead atoms. The van der Waals surface area contributed by atoms with Crippen LogP contribution in [0.2, 0.25) is 0 Å². The average Bonchev–Trinajstić information content (AvgIpc) is 3.18. The van der Waals surface area contributed by atoms with Crippen LogP contribution in [0.5, 0.6) is 0 Å². The van der Waals surface area contributed by atoms with Crippen LogP contribution in [0.15, 0.2) is 131 Å². The van der Waals surface area contributed by atoms with Crippen molar-refractivity contribution < 1.29 is 0 Å². The maximum absolute atomic E-state index is 2.67. The first-order chi connectivity index (χ1) is 26.1. The number of hydrogen-bond donors (Lipinski definition) is 0. The van der Waals surface area contributed by atoms with Crippen molar-refractivity contribution in [1.29, 1.82) is 0 Å². The maximum Gasteiger partial charge on any atom is 0.0560 e. The minimum Gasteiger partial charge on any atom is -0.334 e. The summed E-state index contributed by atoms with van der Waals surface area (Å²) in [5, 5.41) is 2.78. The molecule has 278 valence electrons. The third kappa shape index (κ3) is 6.71. The summed E-state index contributed by atoms with van der Waals surface area (Å²) in [4.78, 5) is 5.29. The molecule has 8 rings (SSSR count). The Kier molecular flexibility index (Phi) is 10.1. The van der Waals surface area contributed by atoms with E-state index in [9.17, 15) is 0 Å². The van der Waals surface area contributed by atoms with Crippen molar-refractivity contribution in [2.24, 2.45) is 17.8 Å². The molecule has 0 saturated carbocycles. The Hall–Kier alpha value is -4.56. The Bertz CT molecular complexity index is 2140. The molecule has 0 aromatic heterocycles. The van der Waals surface area contributed by atoms with E-state index in [4.69, 9.17) is 0 Å². The molecule has 0 saturated heterocycles. The van der Waals surface area contributed by atoms with Gasteiger partial charge in [0.2, 0.25) is 0 Å². The van der Waals surface area contributed by atoms with Gasteiger partial charge in [-0.25, -0.2) is 0 Å². The minimum absolute atomic E-state index is 0.242. The zero-order valence-electron chi connectivity index (χ0n) is 34.0. The fourth-order valence-corrected chi connectivity index (χ4v) is 9.40. The third-order valence-corrected chi connectivity index (χ3v) is 12.8. The second kappa shape index (κ2) is 14.9. The number of nitrogens with zero attached hydrogens (tertiary/aromatic N) is 2. The largest absolute Gasteiger partial charge is 0.334 e. The number of benzene rings is 3. The molecule has 5 aliphatic rings. The number of hydrogen-bond acceptors (Lipinski definition) is 2. The predicted octanol–water partition coefficient (Wildman–Crippen LogP) is 14.7. The first-order valence-electron chi connectivity index (χ1n) is 20.9. The fraction of sp³-hybridized carbons (Fsp3) is 0.385. The van der Waals surface area contributed by atoms with E-state index in [1.165, 1.54) is 67.1 Å². The molecule has 2 unspecified atom stereocenters. The van der Waals surface area contributed by atoms with E-state index in [0.717, 1.165) is 38.5 Å². The van der Waals surface area contributed by atoms with Crippen LogP contribution in [0, 0.1) is 17.8 Å². The van der Waals surface area contributed by atoms with E-state index in [1.54, 1.807) is 11.1 Å². The van der Waals surface area contributed by atoms with E-state index in [-0.39, 0.29) is 6.04 Å². The van der Waals surface area contributed by atoms with Gasteiger partial charge in [0.15, 0.2) is 0 Å². The molecule has 0 amide bonds. The molecule has 0 N–H and O–H groups in total.